The lowest BCUT2D eigenvalue weighted by Crippen LogP contribution is -2.36. The molecule has 1 unspecified atom stereocenters. The molecule has 7 heteroatoms. The summed E-state index contributed by atoms with van der Waals surface area (Å²) < 4.78 is 7.62. The minimum atomic E-state index is -0.0802. The summed E-state index contributed by atoms with van der Waals surface area (Å²) in [6.07, 6.45) is 9.73. The number of likely N-dealkylation sites (tertiary alicyclic amines) is 1. The van der Waals surface area contributed by atoms with Crippen molar-refractivity contribution in [2.75, 3.05) is 25.9 Å². The average molecular weight is 397 g/mol. The number of nitrogens with zero attached hydrogens (tertiary/aromatic N) is 3. The molecule has 6 nitrogen and oxygen atoms in total. The lowest BCUT2D eigenvalue weighted by atomic mass is 10.1. The molecule has 1 aliphatic heterocycles. The van der Waals surface area contributed by atoms with Gasteiger partial charge in [-0.15, -0.1) is 0 Å². The molecule has 146 valence electrons. The second kappa shape index (κ2) is 8.67. The number of rotatable bonds is 7. The van der Waals surface area contributed by atoms with Crippen molar-refractivity contribution in [1.82, 2.24) is 19.8 Å². The summed E-state index contributed by atoms with van der Waals surface area (Å²) in [5.74, 6) is 0.822. The predicted molar refractivity (Wildman–Crippen MR) is 110 cm³/mol. The van der Waals surface area contributed by atoms with Gasteiger partial charge >= 0.3 is 0 Å². The van der Waals surface area contributed by atoms with Crippen LogP contribution < -0.4 is 5.32 Å². The molecule has 1 aromatic carbocycles. The van der Waals surface area contributed by atoms with Gasteiger partial charge in [-0.2, -0.15) is 0 Å². The predicted octanol–water partition coefficient (Wildman–Crippen LogP) is 3.75. The normalized spacial score (nSPS) is 15.6. The van der Waals surface area contributed by atoms with Crippen LogP contribution >= 0.6 is 11.8 Å². The highest BCUT2D eigenvalue weighted by atomic mass is 32.2. The van der Waals surface area contributed by atoms with Gasteiger partial charge in [-0.05, 0) is 62.5 Å². The SMILES string of the molecule is CSc1nccn1-c1cccc(C(=O)NCC(c2ccco2)N2CCCC2)c1. The van der Waals surface area contributed by atoms with Crippen molar-refractivity contribution in [2.45, 2.75) is 24.0 Å². The summed E-state index contributed by atoms with van der Waals surface area (Å²) in [6, 6.07) is 11.6. The van der Waals surface area contributed by atoms with Gasteiger partial charge in [-0.25, -0.2) is 4.98 Å². The van der Waals surface area contributed by atoms with Crippen LogP contribution in [0.25, 0.3) is 5.69 Å². The summed E-state index contributed by atoms with van der Waals surface area (Å²) in [5.41, 5.74) is 1.56. The van der Waals surface area contributed by atoms with Gasteiger partial charge in [0.15, 0.2) is 5.16 Å². The number of hydrogen-bond donors (Lipinski definition) is 1. The molecule has 1 aliphatic rings. The quantitative estimate of drug-likeness (QED) is 0.616. The maximum atomic E-state index is 12.8. The Kier molecular flexibility index (Phi) is 5.83. The van der Waals surface area contributed by atoms with E-state index in [2.05, 4.69) is 15.2 Å². The van der Waals surface area contributed by atoms with Gasteiger partial charge in [0.2, 0.25) is 0 Å². The molecular formula is C21H24N4O2S. The molecule has 0 spiro atoms. The number of thioether (sulfide) groups is 1. The van der Waals surface area contributed by atoms with Crippen LogP contribution in [0.5, 0.6) is 0 Å². The van der Waals surface area contributed by atoms with Gasteiger partial charge < -0.3 is 9.73 Å². The zero-order valence-corrected chi connectivity index (χ0v) is 16.7. The third kappa shape index (κ3) is 4.00. The summed E-state index contributed by atoms with van der Waals surface area (Å²) in [6.45, 7) is 2.60. The first-order valence-corrected chi connectivity index (χ1v) is 10.7. The zero-order valence-electron chi connectivity index (χ0n) is 15.9. The first kappa shape index (κ1) is 18.8. The van der Waals surface area contributed by atoms with E-state index in [-0.39, 0.29) is 11.9 Å². The first-order valence-electron chi connectivity index (χ1n) is 9.49. The molecule has 0 aliphatic carbocycles. The van der Waals surface area contributed by atoms with Gasteiger partial charge in [0.05, 0.1) is 12.3 Å². The van der Waals surface area contributed by atoms with Crippen LogP contribution in [0.1, 0.15) is 35.0 Å². The number of nitrogens with one attached hydrogen (secondary N) is 1. The van der Waals surface area contributed by atoms with Gasteiger partial charge in [-0.3, -0.25) is 14.3 Å². The van der Waals surface area contributed by atoms with Crippen LogP contribution in [-0.2, 0) is 0 Å². The second-order valence-corrected chi connectivity index (χ2v) is 7.59. The standard InChI is InChI=1S/C21H24N4O2S/c1-28-21-22-9-12-25(21)17-7-4-6-16(14-17)20(26)23-15-18(19-8-5-13-27-19)24-10-2-3-11-24/h4-9,12-14,18H,2-3,10-11,15H2,1H3,(H,23,26). The van der Waals surface area contributed by atoms with E-state index < -0.39 is 0 Å². The largest absolute Gasteiger partial charge is 0.468 e. The van der Waals surface area contributed by atoms with E-state index in [9.17, 15) is 4.79 Å². The van der Waals surface area contributed by atoms with Crippen LogP contribution in [0, 0.1) is 0 Å². The number of imidazole rings is 1. The van der Waals surface area contributed by atoms with Crippen molar-refractivity contribution in [1.29, 1.82) is 0 Å². The molecule has 3 aromatic rings. The van der Waals surface area contributed by atoms with Gasteiger partial charge in [0.1, 0.15) is 5.76 Å². The number of hydrogen-bond acceptors (Lipinski definition) is 5. The smallest absolute Gasteiger partial charge is 0.251 e. The first-order chi connectivity index (χ1) is 13.8. The van der Waals surface area contributed by atoms with Crippen molar-refractivity contribution in [3.8, 4) is 5.69 Å². The van der Waals surface area contributed by atoms with Crippen molar-refractivity contribution in [2.24, 2.45) is 0 Å². The Labute approximate surface area is 168 Å². The molecule has 1 amide bonds. The third-order valence-electron chi connectivity index (χ3n) is 5.08. The van der Waals surface area contributed by atoms with E-state index in [1.807, 2.05) is 53.4 Å². The molecule has 0 bridgehead atoms. The van der Waals surface area contributed by atoms with Crippen LogP contribution in [0.2, 0.25) is 0 Å². The molecule has 0 radical (unpaired) electrons. The van der Waals surface area contributed by atoms with Crippen molar-refractivity contribution < 1.29 is 9.21 Å². The van der Waals surface area contributed by atoms with Crippen molar-refractivity contribution in [3.05, 3.63) is 66.4 Å². The topological polar surface area (TPSA) is 63.3 Å². The molecule has 2 aromatic heterocycles. The summed E-state index contributed by atoms with van der Waals surface area (Å²) >= 11 is 1.57. The molecule has 1 N–H and O–H groups in total. The van der Waals surface area contributed by atoms with Crippen LogP contribution in [0.3, 0.4) is 0 Å². The van der Waals surface area contributed by atoms with Crippen LogP contribution in [0.4, 0.5) is 0 Å². The van der Waals surface area contributed by atoms with Crippen LogP contribution in [0.15, 0.2) is 64.6 Å². The summed E-state index contributed by atoms with van der Waals surface area (Å²) in [7, 11) is 0. The summed E-state index contributed by atoms with van der Waals surface area (Å²) in [5, 5.41) is 3.99. The van der Waals surface area contributed by atoms with E-state index in [1.54, 1.807) is 24.2 Å². The summed E-state index contributed by atoms with van der Waals surface area (Å²) in [4.78, 5) is 19.5. The Bertz CT molecular complexity index is 916. The Morgan fingerprint density at radius 3 is 2.89 bits per heavy atom. The van der Waals surface area contributed by atoms with Gasteiger partial charge in [-0.1, -0.05) is 17.8 Å². The fraction of sp³-hybridized carbons (Fsp3) is 0.333. The van der Waals surface area contributed by atoms with Crippen molar-refractivity contribution in [3.63, 3.8) is 0 Å². The Morgan fingerprint density at radius 2 is 2.14 bits per heavy atom. The Morgan fingerprint density at radius 1 is 1.29 bits per heavy atom. The maximum Gasteiger partial charge on any atom is 0.251 e. The molecule has 1 fully saturated rings. The zero-order chi connectivity index (χ0) is 19.3. The molecule has 1 saturated heterocycles. The highest BCUT2D eigenvalue weighted by Gasteiger charge is 2.26. The molecular weight excluding hydrogens is 372 g/mol. The number of benzene rings is 1. The highest BCUT2D eigenvalue weighted by Crippen LogP contribution is 2.25. The fourth-order valence-corrected chi connectivity index (χ4v) is 4.20. The lowest BCUT2D eigenvalue weighted by Gasteiger charge is -2.26. The van der Waals surface area contributed by atoms with E-state index in [1.165, 1.54) is 12.8 Å². The molecule has 28 heavy (non-hydrogen) atoms. The Hall–Kier alpha value is -2.51. The number of carbonyl (C=O) groups is 1. The monoisotopic (exact) mass is 396 g/mol. The number of aromatic nitrogens is 2. The second-order valence-electron chi connectivity index (χ2n) is 6.82. The molecule has 1 atom stereocenters. The minimum absolute atomic E-state index is 0.0707. The van der Waals surface area contributed by atoms with Gasteiger partial charge in [0.25, 0.3) is 5.91 Å². The highest BCUT2D eigenvalue weighted by molar-refractivity contribution is 7.98. The van der Waals surface area contributed by atoms with Crippen LogP contribution in [-0.4, -0.2) is 46.2 Å². The molecule has 3 heterocycles. The van der Waals surface area contributed by atoms with E-state index >= 15 is 0 Å². The number of amides is 1. The number of carbonyl (C=O) groups excluding carboxylic acids is 1. The third-order valence-corrected chi connectivity index (χ3v) is 5.75. The molecule has 0 saturated carbocycles. The van der Waals surface area contributed by atoms with E-state index in [0.717, 1.165) is 29.7 Å². The minimum Gasteiger partial charge on any atom is -0.468 e. The van der Waals surface area contributed by atoms with Gasteiger partial charge in [0, 0.05) is 30.2 Å². The Balaban J connectivity index is 1.48. The van der Waals surface area contributed by atoms with E-state index in [4.69, 9.17) is 4.42 Å². The average Bonchev–Trinajstić information content (AvgIpc) is 3.50. The lowest BCUT2D eigenvalue weighted by molar-refractivity contribution is 0.0933. The maximum absolute atomic E-state index is 12.8. The fourth-order valence-electron chi connectivity index (χ4n) is 3.67. The van der Waals surface area contributed by atoms with E-state index in [0.29, 0.717) is 12.1 Å². The molecule has 4 rings (SSSR count). The number of furan rings is 1. The van der Waals surface area contributed by atoms with Crippen molar-refractivity contribution >= 4 is 17.7 Å².